The zero-order valence-electron chi connectivity index (χ0n) is 48.4. The summed E-state index contributed by atoms with van der Waals surface area (Å²) in [6.07, 6.45) is 9.71. The van der Waals surface area contributed by atoms with Crippen LogP contribution < -0.4 is 5.32 Å². The smallest absolute Gasteiger partial charge is 0.410 e. The highest BCUT2D eigenvalue weighted by Gasteiger charge is 2.37. The van der Waals surface area contributed by atoms with E-state index in [1.54, 1.807) is 59.3 Å². The van der Waals surface area contributed by atoms with Gasteiger partial charge in [-0.3, -0.25) is 33.6 Å². The number of hydrogen-bond acceptors (Lipinski definition) is 14. The summed E-state index contributed by atoms with van der Waals surface area (Å²) in [5.74, 6) is 0.974. The van der Waals surface area contributed by atoms with E-state index in [9.17, 15) is 42.3 Å². The monoisotopic (exact) mass is 1150 g/mol. The Morgan fingerprint density at radius 1 is 0.605 bits per heavy atom. The van der Waals surface area contributed by atoms with Gasteiger partial charge >= 0.3 is 12.2 Å². The third kappa shape index (κ3) is 28.3. The number of rotatable bonds is 22. The lowest BCUT2D eigenvalue weighted by atomic mass is 10.1. The number of furan rings is 2. The Hall–Kier alpha value is -7.00. The van der Waals surface area contributed by atoms with Crippen LogP contribution in [0.1, 0.15) is 143 Å². The fourth-order valence-corrected chi connectivity index (χ4v) is 6.95. The van der Waals surface area contributed by atoms with Crippen LogP contribution in [0.5, 0.6) is 0 Å². The average Bonchev–Trinajstić information content (AvgIpc) is 4.38. The highest BCUT2D eigenvalue weighted by atomic mass is 35.5. The van der Waals surface area contributed by atoms with Crippen molar-refractivity contribution in [2.24, 2.45) is 0 Å². The Bertz CT molecular complexity index is 2670. The molecule has 3 saturated carbocycles. The van der Waals surface area contributed by atoms with Crippen molar-refractivity contribution in [2.75, 3.05) is 47.9 Å². The van der Waals surface area contributed by atoms with Crippen LogP contribution in [0.2, 0.25) is 0 Å². The van der Waals surface area contributed by atoms with Gasteiger partial charge in [0.25, 0.3) is 5.91 Å². The molecular weight excluding hydrogens is 1070 g/mol. The lowest BCUT2D eigenvalue weighted by Gasteiger charge is -2.27. The molecule has 2 aromatic heterocycles. The number of benzene rings is 2. The summed E-state index contributed by atoms with van der Waals surface area (Å²) in [6, 6.07) is 20.4. The first-order valence-corrected chi connectivity index (χ1v) is 27.1. The maximum absolute atomic E-state index is 13.0. The number of allylic oxidation sites excluding steroid dienone is 1. The Morgan fingerprint density at radius 3 is 1.33 bits per heavy atom. The number of amides is 4. The van der Waals surface area contributed by atoms with Gasteiger partial charge in [-0.15, -0.1) is 0 Å². The molecule has 18 nitrogen and oxygen atoms in total. The molecule has 3 aliphatic carbocycles. The highest BCUT2D eigenvalue weighted by Crippen LogP contribution is 2.30. The summed E-state index contributed by atoms with van der Waals surface area (Å²) in [7, 11) is 5.92. The van der Waals surface area contributed by atoms with Gasteiger partial charge < -0.3 is 33.4 Å². The molecule has 0 aliphatic heterocycles. The second-order valence-corrected chi connectivity index (χ2v) is 21.4. The summed E-state index contributed by atoms with van der Waals surface area (Å²) in [5.41, 5.74) is 0.780. The predicted molar refractivity (Wildman–Crippen MR) is 302 cm³/mol. The van der Waals surface area contributed by atoms with Gasteiger partial charge in [0.2, 0.25) is 11.1 Å². The minimum Gasteiger partial charge on any atom is -0.458 e. The van der Waals surface area contributed by atoms with Gasteiger partial charge in [-0.2, -0.15) is 0 Å². The van der Waals surface area contributed by atoms with Crippen molar-refractivity contribution in [2.45, 2.75) is 141 Å². The lowest BCUT2D eigenvalue weighted by Crippen LogP contribution is -2.40. The molecule has 4 amide bonds. The van der Waals surface area contributed by atoms with Gasteiger partial charge in [0.05, 0.1) is 14.2 Å². The van der Waals surface area contributed by atoms with Crippen LogP contribution in [-0.4, -0.2) is 138 Å². The van der Waals surface area contributed by atoms with Gasteiger partial charge in [0.1, 0.15) is 34.4 Å². The number of ether oxygens (including phenoxy) is 2. The van der Waals surface area contributed by atoms with E-state index >= 15 is 0 Å². The van der Waals surface area contributed by atoms with Crippen LogP contribution in [0.25, 0.3) is 0 Å². The van der Waals surface area contributed by atoms with E-state index < -0.39 is 16.4 Å². The zero-order valence-corrected chi connectivity index (χ0v) is 49.1. The topological polar surface area (TPSA) is 208 Å². The maximum Gasteiger partial charge on any atom is 0.410 e. The van der Waals surface area contributed by atoms with E-state index in [1.807, 2.05) is 47.6 Å². The van der Waals surface area contributed by atoms with Crippen LogP contribution in [0.15, 0.2) is 107 Å². The number of carbonyl (C=O) groups excluding carboxylic acids is 7. The number of ketones is 2. The molecule has 2 aromatic carbocycles. The molecule has 4 aromatic rings. The van der Waals surface area contributed by atoms with E-state index in [0.717, 1.165) is 53.7 Å². The quantitative estimate of drug-likeness (QED) is 0.0336. The maximum atomic E-state index is 13.0. The normalized spacial score (nSPS) is 13.3. The summed E-state index contributed by atoms with van der Waals surface area (Å²) in [4.78, 5) is 93.0. The van der Waals surface area contributed by atoms with Crippen molar-refractivity contribution in [3.05, 3.63) is 144 Å². The molecule has 0 unspecified atom stereocenters. The van der Waals surface area contributed by atoms with Gasteiger partial charge in [-0.05, 0) is 163 Å². The van der Waals surface area contributed by atoms with Crippen LogP contribution in [-0.2, 0) is 46.4 Å². The molecule has 81 heavy (non-hydrogen) atoms. The van der Waals surface area contributed by atoms with Crippen molar-refractivity contribution in [3.8, 4) is 0 Å². The number of hydrogen-bond donors (Lipinski definition) is 1. The molecule has 0 saturated heterocycles. The molecule has 0 spiro atoms. The number of nitrogens with one attached hydrogen (secondary N) is 1. The van der Waals surface area contributed by atoms with Gasteiger partial charge in [-0.25, -0.2) is 28.5 Å². The van der Waals surface area contributed by atoms with Crippen LogP contribution in [0.3, 0.4) is 0 Å². The summed E-state index contributed by atoms with van der Waals surface area (Å²) in [6.45, 7) is 18.7. The standard InChI is InChI=1S/C22H26FNO4.C17H18FNO2.C13H24N2O4.C5H9NO2.C3H3ClO/c1-22(2,3)28-21(26)24(17-8-9-17)13-12-19(25)20-11-10-18(27-20)14-15-4-6-16(23)7-5-15;18-13-3-1-12(2-4-13)11-15-7-8-17(21-15)16(20)9-10-19-14-5-6-14;1-13(2,3)19-12(17)15(10-6-7-10)9-8-11(16)14(4)18-5;1-4-5(7)6(2)8-3;1-2-3(4)5/h4-7,10-11,17H,8-9,12-14H2,1-3H3;1-4,7-8,14,19H,5-6,9-11H2;10H,6-9H2,1-5H3;4H,1H2,2-3H3;2H,1H2. The van der Waals surface area contributed by atoms with Crippen molar-refractivity contribution in [1.82, 2.24) is 25.2 Å². The Morgan fingerprint density at radius 2 is 1.00 bits per heavy atom. The second kappa shape index (κ2) is 33.7. The molecule has 21 heteroatoms. The minimum atomic E-state index is -0.565. The number of Topliss-reactive ketones (excluding diaryl/α,β-unsaturated/α-hetero) is 2. The summed E-state index contributed by atoms with van der Waals surface area (Å²) < 4.78 is 47.9. The molecule has 2 heterocycles. The highest BCUT2D eigenvalue weighted by molar-refractivity contribution is 6.66. The molecule has 3 fully saturated rings. The molecule has 1 N–H and O–H groups in total. The first kappa shape index (κ1) is 68.3. The number of halogens is 3. The fraction of sp³-hybridized carbons (Fsp3) is 0.483. The molecule has 0 atom stereocenters. The third-order valence-corrected chi connectivity index (χ3v) is 11.9. The van der Waals surface area contributed by atoms with Crippen LogP contribution in [0.4, 0.5) is 18.4 Å². The summed E-state index contributed by atoms with van der Waals surface area (Å²) >= 11 is 4.71. The average molecular weight is 1150 g/mol. The number of hydroxylamine groups is 4. The number of carbonyl (C=O) groups is 7. The number of nitrogens with zero attached hydrogens (tertiary/aromatic N) is 4. The molecule has 444 valence electrons. The first-order valence-electron chi connectivity index (χ1n) is 26.7. The number of likely N-dealkylation sites (N-methyl/N-ethyl adjacent to an activating group) is 1. The Balaban J connectivity index is 0.000000291. The van der Waals surface area contributed by atoms with Crippen molar-refractivity contribution < 1.29 is 70.3 Å². The van der Waals surface area contributed by atoms with Crippen molar-refractivity contribution in [1.29, 1.82) is 0 Å². The van der Waals surface area contributed by atoms with Gasteiger partial charge in [-0.1, -0.05) is 37.4 Å². The van der Waals surface area contributed by atoms with Gasteiger partial charge in [0.15, 0.2) is 23.1 Å². The van der Waals surface area contributed by atoms with E-state index in [-0.39, 0.29) is 77.9 Å². The molecule has 0 radical (unpaired) electrons. The van der Waals surface area contributed by atoms with Gasteiger partial charge in [0, 0.05) is 84.0 Å². The van der Waals surface area contributed by atoms with E-state index in [2.05, 4.69) is 23.3 Å². The molecule has 0 bridgehead atoms. The van der Waals surface area contributed by atoms with E-state index in [4.69, 9.17) is 34.7 Å². The fourth-order valence-electron chi connectivity index (χ4n) is 6.95. The van der Waals surface area contributed by atoms with Crippen LogP contribution in [0, 0.1) is 11.6 Å². The van der Waals surface area contributed by atoms with Crippen molar-refractivity contribution in [3.63, 3.8) is 0 Å². The van der Waals surface area contributed by atoms with Crippen molar-refractivity contribution >= 4 is 52.4 Å². The zero-order chi connectivity index (χ0) is 60.5. The molecule has 7 rings (SSSR count). The van der Waals surface area contributed by atoms with E-state index in [1.165, 1.54) is 69.5 Å². The first-order chi connectivity index (χ1) is 38.1. The Labute approximate surface area is 479 Å². The third-order valence-electron chi connectivity index (χ3n) is 11.7. The molecular formula is C60H80ClF2N5O13. The van der Waals surface area contributed by atoms with Crippen LogP contribution >= 0.6 is 11.6 Å². The lowest BCUT2D eigenvalue weighted by molar-refractivity contribution is -0.168. The van der Waals surface area contributed by atoms with E-state index in [0.29, 0.717) is 56.5 Å². The second-order valence-electron chi connectivity index (χ2n) is 21.1. The largest absolute Gasteiger partial charge is 0.458 e. The SMILES string of the molecule is C=CC(=O)Cl.C=CC(=O)N(C)OC.CC(C)(C)OC(=O)N(CCC(=O)c1ccc(Cc2ccc(F)cc2)o1)C1CC1.CON(C)C(=O)CCN(C(=O)OC(C)(C)C)C1CC1.O=C(CCNC1CC1)c1ccc(Cc2ccc(F)cc2)o1. The predicted octanol–water partition coefficient (Wildman–Crippen LogP) is 11.2. The minimum absolute atomic E-state index is 0.0218. The summed E-state index contributed by atoms with van der Waals surface area (Å²) in [5, 5.41) is 5.06. The molecule has 3 aliphatic rings. The Kier molecular flexibility index (Phi) is 28.4.